The third-order valence-electron chi connectivity index (χ3n) is 1.74. The summed E-state index contributed by atoms with van der Waals surface area (Å²) in [5.74, 6) is 0. The Labute approximate surface area is 85.1 Å². The Kier molecular flexibility index (Phi) is 2.95. The van der Waals surface area contributed by atoms with Crippen molar-refractivity contribution in [2.24, 2.45) is 0 Å². The van der Waals surface area contributed by atoms with Gasteiger partial charge >= 0.3 is 6.18 Å². The minimum Gasteiger partial charge on any atom is -0.376 e. The highest BCUT2D eigenvalue weighted by Crippen LogP contribution is 2.39. The molecule has 78 valence electrons. The SMILES string of the molecule is CN(C)c1c(Cl)cccc1C(F)(F)F. The van der Waals surface area contributed by atoms with Crippen LogP contribution in [0.25, 0.3) is 0 Å². The van der Waals surface area contributed by atoms with Crippen molar-refractivity contribution in [2.45, 2.75) is 6.18 Å². The van der Waals surface area contributed by atoms with E-state index in [2.05, 4.69) is 0 Å². The van der Waals surface area contributed by atoms with Gasteiger partial charge in [0.25, 0.3) is 0 Å². The summed E-state index contributed by atoms with van der Waals surface area (Å²) in [6, 6.07) is 3.74. The summed E-state index contributed by atoms with van der Waals surface area (Å²) < 4.78 is 37.5. The molecular formula is C9H9ClF3N. The molecule has 1 aromatic carbocycles. The minimum atomic E-state index is -4.37. The van der Waals surface area contributed by atoms with E-state index < -0.39 is 11.7 Å². The van der Waals surface area contributed by atoms with E-state index >= 15 is 0 Å². The van der Waals surface area contributed by atoms with Gasteiger partial charge in [0.2, 0.25) is 0 Å². The molecule has 0 atom stereocenters. The summed E-state index contributed by atoms with van der Waals surface area (Å²) in [5, 5.41) is 0.102. The molecule has 1 rings (SSSR count). The fourth-order valence-corrected chi connectivity index (χ4v) is 1.54. The van der Waals surface area contributed by atoms with Gasteiger partial charge in [-0.2, -0.15) is 13.2 Å². The van der Waals surface area contributed by atoms with Gasteiger partial charge in [0.05, 0.1) is 16.3 Å². The molecule has 0 spiro atoms. The first kappa shape index (κ1) is 11.2. The van der Waals surface area contributed by atoms with Crippen LogP contribution in [0, 0.1) is 0 Å². The van der Waals surface area contributed by atoms with Gasteiger partial charge in [0.1, 0.15) is 0 Å². The first-order valence-corrected chi connectivity index (χ1v) is 4.25. The first-order valence-electron chi connectivity index (χ1n) is 3.87. The lowest BCUT2D eigenvalue weighted by Gasteiger charge is -2.20. The molecule has 5 heteroatoms. The fraction of sp³-hybridized carbons (Fsp3) is 0.333. The van der Waals surface area contributed by atoms with Crippen molar-refractivity contribution in [1.29, 1.82) is 0 Å². The summed E-state index contributed by atoms with van der Waals surface area (Å²) in [6.07, 6.45) is -4.37. The monoisotopic (exact) mass is 223 g/mol. The van der Waals surface area contributed by atoms with Gasteiger partial charge in [-0.05, 0) is 12.1 Å². The number of benzene rings is 1. The molecule has 0 aliphatic carbocycles. The number of hydrogen-bond donors (Lipinski definition) is 0. The summed E-state index contributed by atoms with van der Waals surface area (Å²) in [6.45, 7) is 0. The molecule has 1 nitrogen and oxygen atoms in total. The van der Waals surface area contributed by atoms with Crippen molar-refractivity contribution in [3.05, 3.63) is 28.8 Å². The molecule has 0 bridgehead atoms. The summed E-state index contributed by atoms with van der Waals surface area (Å²) in [7, 11) is 3.05. The highest BCUT2D eigenvalue weighted by molar-refractivity contribution is 6.33. The van der Waals surface area contributed by atoms with Gasteiger partial charge in [0, 0.05) is 14.1 Å². The van der Waals surface area contributed by atoms with E-state index in [1.54, 1.807) is 0 Å². The van der Waals surface area contributed by atoms with Crippen LogP contribution in [0.2, 0.25) is 5.02 Å². The van der Waals surface area contributed by atoms with Gasteiger partial charge in [0.15, 0.2) is 0 Å². The lowest BCUT2D eigenvalue weighted by molar-refractivity contribution is -0.137. The lowest BCUT2D eigenvalue weighted by atomic mass is 10.1. The molecule has 0 aromatic heterocycles. The van der Waals surface area contributed by atoms with Crippen LogP contribution < -0.4 is 4.90 Å². The van der Waals surface area contributed by atoms with Crippen LogP contribution in [-0.4, -0.2) is 14.1 Å². The third-order valence-corrected chi connectivity index (χ3v) is 2.04. The van der Waals surface area contributed by atoms with Crippen LogP contribution >= 0.6 is 11.6 Å². The normalized spacial score (nSPS) is 11.6. The minimum absolute atomic E-state index is 0.00154. The lowest BCUT2D eigenvalue weighted by Crippen LogP contribution is -2.16. The zero-order valence-corrected chi connectivity index (χ0v) is 8.45. The molecule has 0 radical (unpaired) electrons. The molecule has 0 saturated carbocycles. The van der Waals surface area contributed by atoms with Crippen LogP contribution in [0.3, 0.4) is 0 Å². The van der Waals surface area contributed by atoms with E-state index in [0.717, 1.165) is 6.07 Å². The molecule has 0 heterocycles. The molecule has 0 aliphatic heterocycles. The number of nitrogens with zero attached hydrogens (tertiary/aromatic N) is 1. The van der Waals surface area contributed by atoms with Crippen molar-refractivity contribution in [1.82, 2.24) is 0 Å². The highest BCUT2D eigenvalue weighted by Gasteiger charge is 2.34. The second kappa shape index (κ2) is 3.69. The standard InChI is InChI=1S/C9H9ClF3N/c1-14(2)8-6(9(11,12)13)4-3-5-7(8)10/h3-5H,1-2H3. The van der Waals surface area contributed by atoms with Crippen LogP contribution in [-0.2, 0) is 6.18 Å². The van der Waals surface area contributed by atoms with Gasteiger partial charge in [-0.3, -0.25) is 0 Å². The molecule has 0 amide bonds. The van der Waals surface area contributed by atoms with Crippen molar-refractivity contribution >= 4 is 17.3 Å². The van der Waals surface area contributed by atoms with Crippen LogP contribution in [0.4, 0.5) is 18.9 Å². The maximum Gasteiger partial charge on any atom is 0.418 e. The Morgan fingerprint density at radius 3 is 2.14 bits per heavy atom. The number of halogens is 4. The third kappa shape index (κ3) is 2.12. The number of para-hydroxylation sites is 1. The van der Waals surface area contributed by atoms with E-state index in [-0.39, 0.29) is 10.7 Å². The summed E-state index contributed by atoms with van der Waals surface area (Å²) in [4.78, 5) is 1.35. The predicted octanol–water partition coefficient (Wildman–Crippen LogP) is 3.42. The first-order chi connectivity index (χ1) is 6.34. The number of hydrogen-bond acceptors (Lipinski definition) is 1. The highest BCUT2D eigenvalue weighted by atomic mass is 35.5. The molecule has 0 N–H and O–H groups in total. The number of rotatable bonds is 1. The molecule has 1 aromatic rings. The van der Waals surface area contributed by atoms with Crippen molar-refractivity contribution < 1.29 is 13.2 Å². The van der Waals surface area contributed by atoms with Crippen LogP contribution in [0.5, 0.6) is 0 Å². The van der Waals surface area contributed by atoms with Crippen molar-refractivity contribution in [3.63, 3.8) is 0 Å². The van der Waals surface area contributed by atoms with E-state index in [4.69, 9.17) is 11.6 Å². The largest absolute Gasteiger partial charge is 0.418 e. The summed E-state index contributed by atoms with van der Waals surface area (Å²) in [5.41, 5.74) is -0.711. The maximum absolute atomic E-state index is 12.5. The van der Waals surface area contributed by atoms with Gasteiger partial charge in [-0.1, -0.05) is 17.7 Å². The van der Waals surface area contributed by atoms with Gasteiger partial charge in [-0.15, -0.1) is 0 Å². The van der Waals surface area contributed by atoms with E-state index in [0.29, 0.717) is 0 Å². The Hall–Kier alpha value is -0.900. The van der Waals surface area contributed by atoms with Crippen molar-refractivity contribution in [3.8, 4) is 0 Å². The van der Waals surface area contributed by atoms with Crippen LogP contribution in [0.1, 0.15) is 5.56 Å². The Morgan fingerprint density at radius 1 is 1.21 bits per heavy atom. The molecule has 0 aliphatic rings. The molecular weight excluding hydrogens is 215 g/mol. The number of alkyl halides is 3. The predicted molar refractivity (Wildman–Crippen MR) is 50.8 cm³/mol. The zero-order valence-electron chi connectivity index (χ0n) is 7.69. The van der Waals surface area contributed by atoms with Crippen LogP contribution in [0.15, 0.2) is 18.2 Å². The van der Waals surface area contributed by atoms with E-state index in [1.165, 1.54) is 31.1 Å². The Morgan fingerprint density at radius 2 is 1.79 bits per heavy atom. The smallest absolute Gasteiger partial charge is 0.376 e. The second-order valence-electron chi connectivity index (χ2n) is 3.03. The molecule has 0 saturated heterocycles. The maximum atomic E-state index is 12.5. The zero-order chi connectivity index (χ0) is 10.9. The summed E-state index contributed by atoms with van der Waals surface area (Å²) >= 11 is 5.69. The van der Waals surface area contributed by atoms with Crippen molar-refractivity contribution in [2.75, 3.05) is 19.0 Å². The average molecular weight is 224 g/mol. The quantitative estimate of drug-likeness (QED) is 0.705. The fourth-order valence-electron chi connectivity index (χ4n) is 1.20. The average Bonchev–Trinajstić information content (AvgIpc) is 2.01. The Bertz CT molecular complexity index is 333. The van der Waals surface area contributed by atoms with E-state index in [1.807, 2.05) is 0 Å². The second-order valence-corrected chi connectivity index (χ2v) is 3.44. The van der Waals surface area contributed by atoms with Gasteiger partial charge < -0.3 is 4.90 Å². The molecule has 0 fully saturated rings. The molecule has 0 unspecified atom stereocenters. The number of anilines is 1. The Balaban J connectivity index is 3.36. The van der Waals surface area contributed by atoms with E-state index in [9.17, 15) is 13.2 Å². The van der Waals surface area contributed by atoms with Gasteiger partial charge in [-0.25, -0.2) is 0 Å². The topological polar surface area (TPSA) is 3.24 Å². The molecule has 14 heavy (non-hydrogen) atoms.